The van der Waals surface area contributed by atoms with E-state index < -0.39 is 6.09 Å². The Hall–Kier alpha value is -2.12. The van der Waals surface area contributed by atoms with Gasteiger partial charge in [-0.15, -0.1) is 0 Å². The van der Waals surface area contributed by atoms with E-state index >= 15 is 0 Å². The fourth-order valence-corrected chi connectivity index (χ4v) is 4.74. The Morgan fingerprint density at radius 2 is 1.76 bits per heavy atom. The highest BCUT2D eigenvalue weighted by Crippen LogP contribution is 2.27. The van der Waals surface area contributed by atoms with Gasteiger partial charge in [-0.05, 0) is 42.9 Å². The molecule has 1 unspecified atom stereocenters. The van der Waals surface area contributed by atoms with Gasteiger partial charge in [0.25, 0.3) is 0 Å². The van der Waals surface area contributed by atoms with E-state index in [1.807, 2.05) is 4.90 Å². The summed E-state index contributed by atoms with van der Waals surface area (Å²) in [7, 11) is 0. The van der Waals surface area contributed by atoms with Crippen LogP contribution in [0.2, 0.25) is 0 Å². The molecule has 1 atom stereocenters. The molecule has 7 nitrogen and oxygen atoms in total. The summed E-state index contributed by atoms with van der Waals surface area (Å²) in [6.07, 6.45) is 1.63. The predicted molar refractivity (Wildman–Crippen MR) is 109 cm³/mol. The Labute approximate surface area is 172 Å². The topological polar surface area (TPSA) is 73.3 Å². The largest absolute Gasteiger partial charge is 0.465 e. The highest BCUT2D eigenvalue weighted by Gasteiger charge is 2.30. The predicted octanol–water partition coefficient (Wildman–Crippen LogP) is 2.35. The Kier molecular flexibility index (Phi) is 6.06. The first-order valence-corrected chi connectivity index (χ1v) is 10.7. The van der Waals surface area contributed by atoms with Crippen molar-refractivity contribution in [3.63, 3.8) is 0 Å². The van der Waals surface area contributed by atoms with E-state index in [0.29, 0.717) is 32.2 Å². The fraction of sp³-hybridized carbons (Fsp3) is 0.636. The second-order valence-electron chi connectivity index (χ2n) is 8.41. The van der Waals surface area contributed by atoms with Crippen LogP contribution in [0.5, 0.6) is 0 Å². The second kappa shape index (κ2) is 8.71. The molecule has 0 bridgehead atoms. The molecular weight excluding hydrogens is 370 g/mol. The van der Waals surface area contributed by atoms with Crippen molar-refractivity contribution in [2.45, 2.75) is 38.8 Å². The third-order valence-electron chi connectivity index (χ3n) is 6.74. The van der Waals surface area contributed by atoms with Crippen molar-refractivity contribution >= 4 is 12.0 Å². The van der Waals surface area contributed by atoms with Crippen molar-refractivity contribution < 1.29 is 19.4 Å². The minimum atomic E-state index is -0.846. The molecular formula is C22H31N3O4. The number of carboxylic acid groups (broad SMARTS) is 1. The average Bonchev–Trinajstić information content (AvgIpc) is 2.78. The second-order valence-corrected chi connectivity index (χ2v) is 8.41. The van der Waals surface area contributed by atoms with Crippen molar-refractivity contribution in [1.29, 1.82) is 0 Å². The highest BCUT2D eigenvalue weighted by molar-refractivity contribution is 5.79. The highest BCUT2D eigenvalue weighted by atomic mass is 16.5. The number of fused-ring (bicyclic) bond motifs is 1. The Morgan fingerprint density at radius 3 is 2.45 bits per heavy atom. The van der Waals surface area contributed by atoms with Gasteiger partial charge in [0, 0.05) is 64.4 Å². The first-order valence-electron chi connectivity index (χ1n) is 10.7. The van der Waals surface area contributed by atoms with Gasteiger partial charge in [0.2, 0.25) is 5.91 Å². The molecule has 4 rings (SSSR count). The Bertz CT molecular complexity index is 754. The van der Waals surface area contributed by atoms with Crippen LogP contribution in [0.4, 0.5) is 4.79 Å². The number of carbonyl (C=O) groups excluding carboxylic acids is 1. The molecule has 0 aliphatic carbocycles. The maximum atomic E-state index is 12.7. The van der Waals surface area contributed by atoms with Crippen LogP contribution in [0.15, 0.2) is 18.2 Å². The van der Waals surface area contributed by atoms with E-state index in [1.165, 1.54) is 16.0 Å². The van der Waals surface area contributed by atoms with Gasteiger partial charge in [0.1, 0.15) is 0 Å². The first-order chi connectivity index (χ1) is 14.0. The molecule has 3 aliphatic rings. The molecule has 158 valence electrons. The minimum absolute atomic E-state index is 0.138. The number of ether oxygens (including phenoxy) is 1. The lowest BCUT2D eigenvalue weighted by Crippen LogP contribution is -2.51. The minimum Gasteiger partial charge on any atom is -0.465 e. The molecule has 2 fully saturated rings. The average molecular weight is 402 g/mol. The van der Waals surface area contributed by atoms with E-state index in [1.54, 1.807) is 0 Å². The lowest BCUT2D eigenvalue weighted by Gasteiger charge is -2.40. The van der Waals surface area contributed by atoms with Crippen LogP contribution in [-0.2, 0) is 22.5 Å². The van der Waals surface area contributed by atoms with Gasteiger partial charge >= 0.3 is 6.09 Å². The zero-order valence-electron chi connectivity index (χ0n) is 17.2. The molecule has 0 saturated carbocycles. The van der Waals surface area contributed by atoms with Crippen molar-refractivity contribution in [2.75, 3.05) is 45.9 Å². The molecule has 1 aromatic carbocycles. The van der Waals surface area contributed by atoms with Gasteiger partial charge in [-0.1, -0.05) is 18.2 Å². The summed E-state index contributed by atoms with van der Waals surface area (Å²) in [5.41, 5.74) is 3.65. The van der Waals surface area contributed by atoms with Gasteiger partial charge in [0.15, 0.2) is 0 Å². The number of rotatable bonds is 3. The third-order valence-corrected chi connectivity index (χ3v) is 6.74. The van der Waals surface area contributed by atoms with E-state index in [2.05, 4.69) is 30.0 Å². The SMILES string of the molecule is CC(c1ccc2c(c1)CCN(C(=O)O)C2)N1CCN(C(=O)C2CCOCC2)CC1. The number of hydrogen-bond acceptors (Lipinski definition) is 4. The van der Waals surface area contributed by atoms with Gasteiger partial charge in [-0.25, -0.2) is 4.79 Å². The monoisotopic (exact) mass is 401 g/mol. The molecule has 3 heterocycles. The number of carbonyl (C=O) groups is 2. The number of benzene rings is 1. The maximum absolute atomic E-state index is 12.7. The van der Waals surface area contributed by atoms with Crippen LogP contribution in [-0.4, -0.2) is 77.7 Å². The standard InChI is InChI=1S/C22H31N3O4/c1-16(18-2-3-20-15-25(22(27)28)7-4-19(20)14-18)23-8-10-24(11-9-23)21(26)17-5-12-29-13-6-17/h2-3,14,16-17H,4-13,15H2,1H3,(H,27,28). The lowest BCUT2D eigenvalue weighted by molar-refractivity contribution is -0.140. The molecule has 1 N–H and O–H groups in total. The maximum Gasteiger partial charge on any atom is 0.407 e. The van der Waals surface area contributed by atoms with Gasteiger partial charge in [0.05, 0.1) is 0 Å². The zero-order chi connectivity index (χ0) is 20.4. The van der Waals surface area contributed by atoms with Crippen LogP contribution in [0.25, 0.3) is 0 Å². The van der Waals surface area contributed by atoms with Crippen LogP contribution in [0.3, 0.4) is 0 Å². The molecule has 0 spiro atoms. The van der Waals surface area contributed by atoms with Crippen molar-refractivity contribution in [3.05, 3.63) is 34.9 Å². The molecule has 0 radical (unpaired) electrons. The fourth-order valence-electron chi connectivity index (χ4n) is 4.74. The lowest BCUT2D eigenvalue weighted by atomic mass is 9.94. The van der Waals surface area contributed by atoms with E-state index in [-0.39, 0.29) is 12.0 Å². The molecule has 2 amide bonds. The van der Waals surface area contributed by atoms with Crippen LogP contribution >= 0.6 is 0 Å². The zero-order valence-corrected chi connectivity index (χ0v) is 17.2. The summed E-state index contributed by atoms with van der Waals surface area (Å²) in [5.74, 6) is 0.441. The smallest absolute Gasteiger partial charge is 0.407 e. The third kappa shape index (κ3) is 4.41. The van der Waals surface area contributed by atoms with E-state index in [4.69, 9.17) is 4.74 Å². The number of hydrogen-bond donors (Lipinski definition) is 1. The van der Waals surface area contributed by atoms with Gasteiger partial charge < -0.3 is 19.6 Å². The van der Waals surface area contributed by atoms with E-state index in [0.717, 1.165) is 51.0 Å². The molecule has 0 aromatic heterocycles. The van der Waals surface area contributed by atoms with Crippen molar-refractivity contribution in [2.24, 2.45) is 5.92 Å². The van der Waals surface area contributed by atoms with E-state index in [9.17, 15) is 14.7 Å². The van der Waals surface area contributed by atoms with Gasteiger partial charge in [-0.3, -0.25) is 9.69 Å². The van der Waals surface area contributed by atoms with Crippen molar-refractivity contribution in [3.8, 4) is 0 Å². The summed E-state index contributed by atoms with van der Waals surface area (Å²) >= 11 is 0. The van der Waals surface area contributed by atoms with Crippen molar-refractivity contribution in [1.82, 2.24) is 14.7 Å². The number of piperazine rings is 1. The first kappa shape index (κ1) is 20.2. The van der Waals surface area contributed by atoms with Gasteiger partial charge in [-0.2, -0.15) is 0 Å². The number of nitrogens with zero attached hydrogens (tertiary/aromatic N) is 3. The Balaban J connectivity index is 1.34. The van der Waals surface area contributed by atoms with Crippen LogP contribution in [0.1, 0.15) is 42.5 Å². The van der Waals surface area contributed by atoms with Crippen LogP contribution < -0.4 is 0 Å². The summed E-state index contributed by atoms with van der Waals surface area (Å²) in [6.45, 7) is 8.04. The molecule has 29 heavy (non-hydrogen) atoms. The summed E-state index contributed by atoms with van der Waals surface area (Å²) in [6, 6.07) is 6.76. The quantitative estimate of drug-likeness (QED) is 0.842. The molecule has 2 saturated heterocycles. The summed E-state index contributed by atoms with van der Waals surface area (Å²) in [4.78, 5) is 29.9. The molecule has 1 aromatic rings. The number of amides is 2. The molecule has 7 heteroatoms. The molecule has 3 aliphatic heterocycles. The Morgan fingerprint density at radius 1 is 1.03 bits per heavy atom. The van der Waals surface area contributed by atoms with Crippen LogP contribution in [0, 0.1) is 5.92 Å². The summed E-state index contributed by atoms with van der Waals surface area (Å²) < 4.78 is 5.38. The normalized spacial score (nSPS) is 22.2. The summed E-state index contributed by atoms with van der Waals surface area (Å²) in [5, 5.41) is 9.21.